The van der Waals surface area contributed by atoms with Gasteiger partial charge in [0.1, 0.15) is 0 Å². The first-order chi connectivity index (χ1) is 8.70. The summed E-state index contributed by atoms with van der Waals surface area (Å²) in [7, 11) is 2.21. The fraction of sp³-hybridized carbons (Fsp3) is 1.00. The zero-order valence-electron chi connectivity index (χ0n) is 12.2. The lowest BCUT2D eigenvalue weighted by Gasteiger charge is -2.32. The van der Waals surface area contributed by atoms with Crippen LogP contribution in [0.3, 0.4) is 0 Å². The van der Waals surface area contributed by atoms with E-state index >= 15 is 0 Å². The van der Waals surface area contributed by atoms with Gasteiger partial charge in [-0.25, -0.2) is 0 Å². The highest BCUT2D eigenvalue weighted by Crippen LogP contribution is 2.58. The average molecular weight is 254 g/mol. The van der Waals surface area contributed by atoms with E-state index in [2.05, 4.69) is 23.8 Å². The Kier molecular flexibility index (Phi) is 5.05. The minimum Gasteiger partial charge on any atom is -0.396 e. The Morgan fingerprint density at radius 1 is 1.17 bits per heavy atom. The standard InChI is InChI=1S/C15H30N2O/c1-3-15(12-14(15)13-18)6-4-5-7-17-10-8-16(2)9-11-17/h14,18H,3-13H2,1-2H3. The van der Waals surface area contributed by atoms with Crippen LogP contribution in [0, 0.1) is 11.3 Å². The first kappa shape index (κ1) is 14.3. The number of piperazine rings is 1. The number of aliphatic hydroxyl groups excluding tert-OH is 1. The third-order valence-corrected chi connectivity index (χ3v) is 5.28. The second kappa shape index (κ2) is 6.36. The van der Waals surface area contributed by atoms with Crippen LogP contribution in [0.2, 0.25) is 0 Å². The van der Waals surface area contributed by atoms with Crippen LogP contribution < -0.4 is 0 Å². The molecule has 1 aliphatic heterocycles. The molecule has 1 aliphatic carbocycles. The second-order valence-corrected chi connectivity index (χ2v) is 6.40. The molecule has 2 rings (SSSR count). The van der Waals surface area contributed by atoms with Crippen LogP contribution in [0.4, 0.5) is 0 Å². The van der Waals surface area contributed by atoms with Gasteiger partial charge < -0.3 is 14.9 Å². The Morgan fingerprint density at radius 3 is 2.44 bits per heavy atom. The molecule has 106 valence electrons. The summed E-state index contributed by atoms with van der Waals surface area (Å²) >= 11 is 0. The van der Waals surface area contributed by atoms with Crippen molar-refractivity contribution in [3.05, 3.63) is 0 Å². The third kappa shape index (κ3) is 3.46. The number of aliphatic hydroxyl groups is 1. The maximum absolute atomic E-state index is 9.25. The lowest BCUT2D eigenvalue weighted by atomic mass is 9.93. The minimum absolute atomic E-state index is 0.409. The average Bonchev–Trinajstić information content (AvgIpc) is 3.11. The Labute approximate surface area is 112 Å². The van der Waals surface area contributed by atoms with Gasteiger partial charge in [0.15, 0.2) is 0 Å². The molecule has 2 fully saturated rings. The summed E-state index contributed by atoms with van der Waals surface area (Å²) in [5.74, 6) is 0.617. The number of unbranched alkanes of at least 4 members (excludes halogenated alkanes) is 1. The highest BCUT2D eigenvalue weighted by Gasteiger charge is 2.50. The largest absolute Gasteiger partial charge is 0.396 e. The quantitative estimate of drug-likeness (QED) is 0.702. The summed E-state index contributed by atoms with van der Waals surface area (Å²) < 4.78 is 0. The smallest absolute Gasteiger partial charge is 0.0464 e. The second-order valence-electron chi connectivity index (χ2n) is 6.40. The van der Waals surface area contributed by atoms with Gasteiger partial charge in [0.2, 0.25) is 0 Å². The van der Waals surface area contributed by atoms with Crippen molar-refractivity contribution in [2.24, 2.45) is 11.3 Å². The Balaban J connectivity index is 1.56. The summed E-state index contributed by atoms with van der Waals surface area (Å²) in [5.41, 5.74) is 0.525. The first-order valence-electron chi connectivity index (χ1n) is 7.72. The van der Waals surface area contributed by atoms with Gasteiger partial charge in [-0.2, -0.15) is 0 Å². The van der Waals surface area contributed by atoms with Crippen molar-refractivity contribution in [1.29, 1.82) is 0 Å². The minimum atomic E-state index is 0.409. The van der Waals surface area contributed by atoms with Crippen LogP contribution in [-0.4, -0.2) is 61.3 Å². The van der Waals surface area contributed by atoms with Crippen molar-refractivity contribution < 1.29 is 5.11 Å². The van der Waals surface area contributed by atoms with Gasteiger partial charge in [0.25, 0.3) is 0 Å². The van der Waals surface area contributed by atoms with Gasteiger partial charge in [-0.3, -0.25) is 0 Å². The predicted octanol–water partition coefficient (Wildman–Crippen LogP) is 1.81. The molecule has 1 heterocycles. The number of hydrogen-bond acceptors (Lipinski definition) is 3. The normalized spacial score (nSPS) is 33.8. The zero-order valence-corrected chi connectivity index (χ0v) is 12.2. The van der Waals surface area contributed by atoms with E-state index in [-0.39, 0.29) is 0 Å². The first-order valence-corrected chi connectivity index (χ1v) is 7.72. The van der Waals surface area contributed by atoms with Gasteiger partial charge in [-0.1, -0.05) is 19.8 Å². The lowest BCUT2D eigenvalue weighted by molar-refractivity contribution is 0.150. The van der Waals surface area contributed by atoms with Gasteiger partial charge >= 0.3 is 0 Å². The summed E-state index contributed by atoms with van der Waals surface area (Å²) in [5, 5.41) is 9.25. The molecule has 0 amide bonds. The molecule has 1 N–H and O–H groups in total. The molecule has 3 nitrogen and oxygen atoms in total. The molecule has 0 aromatic heterocycles. The van der Waals surface area contributed by atoms with Crippen LogP contribution in [0.1, 0.15) is 39.0 Å². The number of rotatable bonds is 7. The predicted molar refractivity (Wildman–Crippen MR) is 75.7 cm³/mol. The van der Waals surface area contributed by atoms with E-state index in [0.717, 1.165) is 0 Å². The van der Waals surface area contributed by atoms with Crippen molar-refractivity contribution in [3.8, 4) is 0 Å². The summed E-state index contributed by atoms with van der Waals surface area (Å²) in [6.45, 7) is 8.92. The van der Waals surface area contributed by atoms with Crippen molar-refractivity contribution in [2.45, 2.75) is 39.0 Å². The molecular formula is C15H30N2O. The van der Waals surface area contributed by atoms with Gasteiger partial charge in [0.05, 0.1) is 0 Å². The Bertz CT molecular complexity index is 251. The molecule has 1 saturated heterocycles. The maximum Gasteiger partial charge on any atom is 0.0464 e. The summed E-state index contributed by atoms with van der Waals surface area (Å²) in [6, 6.07) is 0. The van der Waals surface area contributed by atoms with E-state index in [1.54, 1.807) is 0 Å². The van der Waals surface area contributed by atoms with Gasteiger partial charge in [-0.15, -0.1) is 0 Å². The van der Waals surface area contributed by atoms with E-state index in [1.165, 1.54) is 64.8 Å². The molecule has 2 atom stereocenters. The molecule has 1 saturated carbocycles. The van der Waals surface area contributed by atoms with Crippen molar-refractivity contribution in [1.82, 2.24) is 9.80 Å². The molecule has 0 aromatic rings. The molecular weight excluding hydrogens is 224 g/mol. The third-order valence-electron chi connectivity index (χ3n) is 5.28. The van der Waals surface area contributed by atoms with Crippen LogP contribution in [0.5, 0.6) is 0 Å². The highest BCUT2D eigenvalue weighted by atomic mass is 16.3. The molecule has 18 heavy (non-hydrogen) atoms. The van der Waals surface area contributed by atoms with Crippen molar-refractivity contribution >= 4 is 0 Å². The summed E-state index contributed by atoms with van der Waals surface area (Å²) in [6.07, 6.45) is 6.55. The van der Waals surface area contributed by atoms with Crippen LogP contribution in [0.15, 0.2) is 0 Å². The van der Waals surface area contributed by atoms with Gasteiger partial charge in [-0.05, 0) is 44.2 Å². The lowest BCUT2D eigenvalue weighted by Crippen LogP contribution is -2.44. The molecule has 3 heteroatoms. The number of nitrogens with zero attached hydrogens (tertiary/aromatic N) is 2. The molecule has 2 aliphatic rings. The molecule has 0 bridgehead atoms. The Hall–Kier alpha value is -0.120. The van der Waals surface area contributed by atoms with Crippen LogP contribution in [-0.2, 0) is 0 Å². The SMILES string of the molecule is CCC1(CCCCN2CCN(C)CC2)CC1CO. The van der Waals surface area contributed by atoms with Crippen LogP contribution >= 0.6 is 0 Å². The Morgan fingerprint density at radius 2 is 1.89 bits per heavy atom. The van der Waals surface area contributed by atoms with E-state index in [4.69, 9.17) is 0 Å². The molecule has 0 radical (unpaired) electrons. The van der Waals surface area contributed by atoms with E-state index in [0.29, 0.717) is 17.9 Å². The summed E-state index contributed by atoms with van der Waals surface area (Å²) in [4.78, 5) is 5.02. The maximum atomic E-state index is 9.25. The molecule has 0 aromatic carbocycles. The van der Waals surface area contributed by atoms with E-state index in [9.17, 15) is 5.11 Å². The fourth-order valence-electron chi connectivity index (χ4n) is 3.49. The van der Waals surface area contributed by atoms with Crippen molar-refractivity contribution in [3.63, 3.8) is 0 Å². The topological polar surface area (TPSA) is 26.7 Å². The van der Waals surface area contributed by atoms with Gasteiger partial charge in [0, 0.05) is 32.8 Å². The fourth-order valence-corrected chi connectivity index (χ4v) is 3.49. The molecule has 0 spiro atoms. The number of likely N-dealkylation sites (N-methyl/N-ethyl adjacent to an activating group) is 1. The zero-order chi connectivity index (χ0) is 13.0. The van der Waals surface area contributed by atoms with E-state index < -0.39 is 0 Å². The van der Waals surface area contributed by atoms with E-state index in [1.807, 2.05) is 0 Å². The molecule has 2 unspecified atom stereocenters. The highest BCUT2D eigenvalue weighted by molar-refractivity contribution is 5.00. The monoisotopic (exact) mass is 254 g/mol. The van der Waals surface area contributed by atoms with Crippen molar-refractivity contribution in [2.75, 3.05) is 46.4 Å². The van der Waals surface area contributed by atoms with Crippen LogP contribution in [0.25, 0.3) is 0 Å². The number of hydrogen-bond donors (Lipinski definition) is 1.